The molecule has 0 aliphatic rings. The fourth-order valence-electron chi connectivity index (χ4n) is 2.27. The van der Waals surface area contributed by atoms with Crippen LogP contribution in [0.15, 0.2) is 45.4 Å². The fourth-order valence-corrected chi connectivity index (χ4v) is 4.31. The number of rotatable bonds is 4. The molecule has 2 aromatic rings. The molecular weight excluding hydrogens is 501 g/mol. The first-order chi connectivity index (χ1) is 15.2. The lowest BCUT2D eigenvalue weighted by Crippen LogP contribution is -2.11. The van der Waals surface area contributed by atoms with Crippen LogP contribution in [0, 0.1) is 22.9 Å². The molecule has 2 heterocycles. The largest absolute Gasteiger partial charge is 0.433 e. The lowest BCUT2D eigenvalue weighted by Gasteiger charge is -2.13. The summed E-state index contributed by atoms with van der Waals surface area (Å²) in [7, 11) is -5.36. The Morgan fingerprint density at radius 1 is 0.909 bits per heavy atom. The molecular formula is C19H20ClF3N6O2S2. The van der Waals surface area contributed by atoms with Crippen molar-refractivity contribution in [1.82, 2.24) is 9.97 Å². The first-order valence-corrected chi connectivity index (χ1v) is 13.3. The third-order valence-electron chi connectivity index (χ3n) is 4.52. The van der Waals surface area contributed by atoms with Gasteiger partial charge in [-0.2, -0.15) is 23.7 Å². The molecule has 0 N–H and O–H groups in total. The molecule has 8 nitrogen and oxygen atoms in total. The van der Waals surface area contributed by atoms with Crippen molar-refractivity contribution in [3.8, 4) is 12.4 Å². The monoisotopic (exact) mass is 520 g/mol. The van der Waals surface area contributed by atoms with Gasteiger partial charge in [-0.05, 0) is 37.1 Å². The molecule has 0 fully saturated rings. The molecule has 0 bridgehead atoms. The van der Waals surface area contributed by atoms with E-state index in [2.05, 4.69) is 18.7 Å². The van der Waals surface area contributed by atoms with Gasteiger partial charge in [-0.1, -0.05) is 23.7 Å². The summed E-state index contributed by atoms with van der Waals surface area (Å²) < 4.78 is 67.5. The predicted octanol–water partition coefficient (Wildman–Crippen LogP) is 5.12. The lowest BCUT2D eigenvalue weighted by molar-refractivity contribution is -0.141. The van der Waals surface area contributed by atoms with E-state index in [-0.39, 0.29) is 5.25 Å². The highest BCUT2D eigenvalue weighted by molar-refractivity contribution is 7.93. The smallest absolute Gasteiger partial charge is 0.251 e. The number of pyridine rings is 2. The number of halogens is 4. The Kier molecular flexibility index (Phi) is 9.78. The van der Waals surface area contributed by atoms with Gasteiger partial charge in [-0.15, -0.1) is 8.73 Å². The van der Waals surface area contributed by atoms with Crippen LogP contribution in [-0.4, -0.2) is 30.9 Å². The van der Waals surface area contributed by atoms with Gasteiger partial charge in [0.2, 0.25) is 12.4 Å². The lowest BCUT2D eigenvalue weighted by atomic mass is 10.2. The van der Waals surface area contributed by atoms with Crippen LogP contribution in [0.5, 0.6) is 0 Å². The van der Waals surface area contributed by atoms with Gasteiger partial charge < -0.3 is 0 Å². The summed E-state index contributed by atoms with van der Waals surface area (Å²) in [5.41, 5.74) is 0.0821. The molecule has 2 aromatic heterocycles. The average Bonchev–Trinajstić information content (AvgIpc) is 2.73. The maximum absolute atomic E-state index is 12.3. The summed E-state index contributed by atoms with van der Waals surface area (Å²) in [5.74, 6) is 0. The number of hydrogen-bond donors (Lipinski definition) is 0. The van der Waals surface area contributed by atoms with E-state index in [0.717, 1.165) is 17.8 Å². The molecule has 0 saturated carbocycles. The summed E-state index contributed by atoms with van der Waals surface area (Å²) in [6.45, 7) is 3.27. The molecule has 0 aliphatic heterocycles. The summed E-state index contributed by atoms with van der Waals surface area (Å²) in [6.07, 6.45) is 3.79. The molecule has 2 rings (SSSR count). The van der Waals surface area contributed by atoms with Gasteiger partial charge in [-0.25, -0.2) is 13.4 Å². The maximum atomic E-state index is 12.3. The summed E-state index contributed by atoms with van der Waals surface area (Å²) in [4.78, 5) is 7.16. The van der Waals surface area contributed by atoms with Crippen molar-refractivity contribution < 1.29 is 21.6 Å². The minimum Gasteiger partial charge on any atom is -0.251 e. The van der Waals surface area contributed by atoms with Crippen LogP contribution in [0.4, 0.5) is 13.2 Å². The SMILES string of the molecule is C[C@@H](c1ccc(Cl)nc1)S(C)(=O)=NC#N.C[C@H](c1ccc(C(F)(F)F)nc1)S(C)(=O)=NC#N. The van der Waals surface area contributed by atoms with Gasteiger partial charge in [-0.3, -0.25) is 4.98 Å². The van der Waals surface area contributed by atoms with E-state index in [9.17, 15) is 21.6 Å². The number of aromatic nitrogens is 2. The minimum atomic E-state index is -4.51. The summed E-state index contributed by atoms with van der Waals surface area (Å²) in [6, 6.07) is 5.36. The number of nitriles is 2. The van der Waals surface area contributed by atoms with Gasteiger partial charge in [0.25, 0.3) is 0 Å². The van der Waals surface area contributed by atoms with E-state index in [4.69, 9.17) is 22.1 Å². The van der Waals surface area contributed by atoms with Gasteiger partial charge in [0.05, 0.1) is 30.0 Å². The molecule has 0 aromatic carbocycles. The first kappa shape index (κ1) is 28.3. The zero-order valence-corrected chi connectivity index (χ0v) is 20.3. The molecule has 178 valence electrons. The van der Waals surface area contributed by atoms with E-state index in [1.807, 2.05) is 0 Å². The van der Waals surface area contributed by atoms with Crippen LogP contribution in [0.2, 0.25) is 5.15 Å². The highest BCUT2D eigenvalue weighted by Gasteiger charge is 2.32. The maximum Gasteiger partial charge on any atom is 0.433 e. The molecule has 4 atom stereocenters. The predicted molar refractivity (Wildman–Crippen MR) is 120 cm³/mol. The summed E-state index contributed by atoms with van der Waals surface area (Å²) >= 11 is 5.63. The van der Waals surface area contributed by atoms with Crippen LogP contribution in [0.3, 0.4) is 0 Å². The summed E-state index contributed by atoms with van der Waals surface area (Å²) in [5, 5.41) is 16.2. The van der Waals surface area contributed by atoms with Gasteiger partial charge in [0.15, 0.2) is 0 Å². The molecule has 14 heteroatoms. The van der Waals surface area contributed by atoms with Gasteiger partial charge >= 0.3 is 6.18 Å². The molecule has 0 amide bonds. The Balaban J connectivity index is 0.000000335. The first-order valence-electron chi connectivity index (χ1n) is 8.98. The van der Waals surface area contributed by atoms with E-state index in [1.165, 1.54) is 31.7 Å². The molecule has 0 aliphatic carbocycles. The van der Waals surface area contributed by atoms with Crippen LogP contribution >= 0.6 is 11.6 Å². The van der Waals surface area contributed by atoms with Crippen molar-refractivity contribution in [3.05, 3.63) is 58.6 Å². The Morgan fingerprint density at radius 3 is 1.64 bits per heavy atom. The quantitative estimate of drug-likeness (QED) is 0.406. The molecule has 2 unspecified atom stereocenters. The molecule has 33 heavy (non-hydrogen) atoms. The van der Waals surface area contributed by atoms with E-state index < -0.39 is 36.6 Å². The second kappa shape index (κ2) is 11.4. The Morgan fingerprint density at radius 2 is 1.33 bits per heavy atom. The van der Waals surface area contributed by atoms with E-state index >= 15 is 0 Å². The van der Waals surface area contributed by atoms with Crippen LogP contribution in [-0.2, 0) is 25.6 Å². The molecule has 0 radical (unpaired) electrons. The van der Waals surface area contributed by atoms with Crippen molar-refractivity contribution in [2.75, 3.05) is 12.5 Å². The highest BCUT2D eigenvalue weighted by Crippen LogP contribution is 2.29. The number of alkyl halides is 3. The fraction of sp³-hybridized carbons (Fsp3) is 0.368. The van der Waals surface area contributed by atoms with Crippen LogP contribution < -0.4 is 0 Å². The van der Waals surface area contributed by atoms with Crippen LogP contribution in [0.1, 0.15) is 41.2 Å². The van der Waals surface area contributed by atoms with Gasteiger partial charge in [0.1, 0.15) is 10.8 Å². The van der Waals surface area contributed by atoms with E-state index in [0.29, 0.717) is 10.7 Å². The van der Waals surface area contributed by atoms with Crippen molar-refractivity contribution in [3.63, 3.8) is 0 Å². The average molecular weight is 521 g/mol. The van der Waals surface area contributed by atoms with Crippen LogP contribution in [0.25, 0.3) is 0 Å². The van der Waals surface area contributed by atoms with E-state index in [1.54, 1.807) is 31.4 Å². The Hall–Kier alpha value is -2.74. The van der Waals surface area contributed by atoms with Gasteiger partial charge in [0, 0.05) is 24.9 Å². The normalized spacial score (nSPS) is 16.3. The van der Waals surface area contributed by atoms with Crippen molar-refractivity contribution >= 4 is 31.1 Å². The zero-order chi connectivity index (χ0) is 25.4. The van der Waals surface area contributed by atoms with Crippen molar-refractivity contribution in [2.24, 2.45) is 8.73 Å². The second-order valence-electron chi connectivity index (χ2n) is 6.78. The molecule has 0 saturated heterocycles. The highest BCUT2D eigenvalue weighted by atomic mass is 35.5. The molecule has 0 spiro atoms. The number of hydrogen-bond acceptors (Lipinski definition) is 8. The topological polar surface area (TPSA) is 132 Å². The Labute approximate surface area is 195 Å². The second-order valence-corrected chi connectivity index (χ2v) is 12.4. The Bertz CT molecular complexity index is 1280. The minimum absolute atomic E-state index is 0.342. The zero-order valence-electron chi connectivity index (χ0n) is 17.9. The van der Waals surface area contributed by atoms with Crippen molar-refractivity contribution in [2.45, 2.75) is 30.5 Å². The standard InChI is InChI=1S/C10H10F3N3OS.C9H10ClN3OS/c1-7(18(2,17)16-6-14)8-3-4-9(15-5-8)10(11,12)13;1-7(15(2,14)13-6-11)8-3-4-9(10)12-5-8/h3-5,7H,1-2H3;3-5,7H,1-2H3/t7-,18?;7-,15?/m10/s1. The third-order valence-corrected chi connectivity index (χ3v) is 8.80. The van der Waals surface area contributed by atoms with Crippen molar-refractivity contribution in [1.29, 1.82) is 10.5 Å². The number of nitrogens with zero attached hydrogens (tertiary/aromatic N) is 6. The third kappa shape index (κ3) is 8.28.